The number of nitrogens with one attached hydrogen (secondary N) is 1. The van der Waals surface area contributed by atoms with Gasteiger partial charge in [0.25, 0.3) is 0 Å². The van der Waals surface area contributed by atoms with Gasteiger partial charge in [0, 0.05) is 6.04 Å². The van der Waals surface area contributed by atoms with Crippen LogP contribution >= 0.6 is 0 Å². The van der Waals surface area contributed by atoms with Gasteiger partial charge < -0.3 is 10.4 Å². The molecule has 0 spiro atoms. The van der Waals surface area contributed by atoms with Crippen molar-refractivity contribution >= 4 is 5.91 Å². The average Bonchev–Trinajstić information content (AvgIpc) is 2.47. The van der Waals surface area contributed by atoms with Crippen molar-refractivity contribution in [3.8, 4) is 0 Å². The predicted octanol–water partition coefficient (Wildman–Crippen LogP) is 3.00. The maximum absolute atomic E-state index is 13.1. The summed E-state index contributed by atoms with van der Waals surface area (Å²) in [4.78, 5) is 11.9. The Balaban J connectivity index is 1.83. The van der Waals surface area contributed by atoms with Gasteiger partial charge in [0.15, 0.2) is 0 Å². The average molecular weight is 301 g/mol. The van der Waals surface area contributed by atoms with Crippen LogP contribution in [0.1, 0.15) is 30.6 Å². The topological polar surface area (TPSA) is 49.3 Å². The van der Waals surface area contributed by atoms with Crippen LogP contribution in [0.2, 0.25) is 0 Å². The van der Waals surface area contributed by atoms with Gasteiger partial charge in [0.05, 0.1) is 12.5 Å². The maximum Gasteiger partial charge on any atom is 0.224 e. The molecule has 116 valence electrons. The molecular weight excluding hydrogens is 281 g/mol. The van der Waals surface area contributed by atoms with E-state index in [2.05, 4.69) is 5.32 Å². The van der Waals surface area contributed by atoms with E-state index in [1.807, 2.05) is 37.3 Å². The maximum atomic E-state index is 13.1. The van der Waals surface area contributed by atoms with Gasteiger partial charge >= 0.3 is 0 Å². The van der Waals surface area contributed by atoms with E-state index in [4.69, 9.17) is 0 Å². The third-order valence-electron chi connectivity index (χ3n) is 3.42. The van der Waals surface area contributed by atoms with E-state index in [0.717, 1.165) is 5.56 Å². The van der Waals surface area contributed by atoms with Crippen LogP contribution in [0.15, 0.2) is 54.6 Å². The Kier molecular flexibility index (Phi) is 5.67. The second kappa shape index (κ2) is 7.71. The number of aliphatic hydroxyl groups excluding tert-OH is 1. The first-order chi connectivity index (χ1) is 10.5. The fourth-order valence-electron chi connectivity index (χ4n) is 2.36. The van der Waals surface area contributed by atoms with E-state index in [1.165, 1.54) is 12.1 Å². The van der Waals surface area contributed by atoms with Crippen LogP contribution in [-0.2, 0) is 11.2 Å². The van der Waals surface area contributed by atoms with Crippen molar-refractivity contribution in [2.45, 2.75) is 31.9 Å². The summed E-state index contributed by atoms with van der Waals surface area (Å²) < 4.78 is 13.1. The Morgan fingerprint density at radius 2 is 1.91 bits per heavy atom. The van der Waals surface area contributed by atoms with Crippen molar-refractivity contribution in [2.24, 2.45) is 0 Å². The van der Waals surface area contributed by atoms with E-state index < -0.39 is 6.10 Å². The van der Waals surface area contributed by atoms with Gasteiger partial charge in [-0.3, -0.25) is 4.79 Å². The SMILES string of the molecule is CC(CC(O)c1ccccc1)NC(=O)Cc1cccc(F)c1. The van der Waals surface area contributed by atoms with E-state index in [9.17, 15) is 14.3 Å². The van der Waals surface area contributed by atoms with Crippen LogP contribution in [0.3, 0.4) is 0 Å². The fourth-order valence-corrected chi connectivity index (χ4v) is 2.36. The Bertz CT molecular complexity index is 615. The molecule has 0 aliphatic rings. The van der Waals surface area contributed by atoms with Crippen molar-refractivity contribution in [1.29, 1.82) is 0 Å². The van der Waals surface area contributed by atoms with Crippen LogP contribution in [0.5, 0.6) is 0 Å². The highest BCUT2D eigenvalue weighted by Gasteiger charge is 2.14. The first-order valence-electron chi connectivity index (χ1n) is 7.31. The summed E-state index contributed by atoms with van der Waals surface area (Å²) >= 11 is 0. The monoisotopic (exact) mass is 301 g/mol. The zero-order valence-electron chi connectivity index (χ0n) is 12.5. The predicted molar refractivity (Wildman–Crippen MR) is 83.7 cm³/mol. The molecule has 0 bridgehead atoms. The molecule has 0 radical (unpaired) electrons. The van der Waals surface area contributed by atoms with Crippen molar-refractivity contribution in [3.63, 3.8) is 0 Å². The lowest BCUT2D eigenvalue weighted by Gasteiger charge is -2.18. The molecule has 1 amide bonds. The fraction of sp³-hybridized carbons (Fsp3) is 0.278. The van der Waals surface area contributed by atoms with Gasteiger partial charge in [-0.2, -0.15) is 0 Å². The Morgan fingerprint density at radius 3 is 2.59 bits per heavy atom. The number of hydrogen-bond acceptors (Lipinski definition) is 2. The highest BCUT2D eigenvalue weighted by molar-refractivity contribution is 5.78. The number of carbonyl (C=O) groups excluding carboxylic acids is 1. The largest absolute Gasteiger partial charge is 0.388 e. The smallest absolute Gasteiger partial charge is 0.224 e. The lowest BCUT2D eigenvalue weighted by atomic mass is 10.0. The second-order valence-corrected chi connectivity index (χ2v) is 5.44. The molecule has 0 saturated carbocycles. The highest BCUT2D eigenvalue weighted by atomic mass is 19.1. The molecular formula is C18H20FNO2. The van der Waals surface area contributed by atoms with Gasteiger partial charge in [-0.25, -0.2) is 4.39 Å². The zero-order valence-corrected chi connectivity index (χ0v) is 12.5. The summed E-state index contributed by atoms with van der Waals surface area (Å²) in [6.45, 7) is 1.84. The van der Waals surface area contributed by atoms with Gasteiger partial charge in [-0.15, -0.1) is 0 Å². The molecule has 2 rings (SSSR count). The minimum Gasteiger partial charge on any atom is -0.388 e. The first-order valence-corrected chi connectivity index (χ1v) is 7.31. The van der Waals surface area contributed by atoms with Crippen LogP contribution in [0.25, 0.3) is 0 Å². The number of halogens is 1. The standard InChI is InChI=1S/C18H20FNO2/c1-13(10-17(21)15-7-3-2-4-8-15)20-18(22)12-14-6-5-9-16(19)11-14/h2-9,11,13,17,21H,10,12H2,1H3,(H,20,22). The van der Waals surface area contributed by atoms with Gasteiger partial charge in [0.1, 0.15) is 5.82 Å². The van der Waals surface area contributed by atoms with Crippen molar-refractivity contribution in [3.05, 3.63) is 71.5 Å². The highest BCUT2D eigenvalue weighted by Crippen LogP contribution is 2.17. The number of amides is 1. The quantitative estimate of drug-likeness (QED) is 0.861. The summed E-state index contributed by atoms with van der Waals surface area (Å²) in [6, 6.07) is 15.2. The van der Waals surface area contributed by atoms with E-state index >= 15 is 0 Å². The molecule has 0 aliphatic carbocycles. The lowest BCUT2D eigenvalue weighted by Crippen LogP contribution is -2.34. The van der Waals surface area contributed by atoms with Gasteiger partial charge in [0.2, 0.25) is 5.91 Å². The zero-order chi connectivity index (χ0) is 15.9. The molecule has 0 aliphatic heterocycles. The second-order valence-electron chi connectivity index (χ2n) is 5.44. The van der Waals surface area contributed by atoms with E-state index in [0.29, 0.717) is 12.0 Å². The lowest BCUT2D eigenvalue weighted by molar-refractivity contribution is -0.121. The van der Waals surface area contributed by atoms with E-state index in [-0.39, 0.29) is 24.2 Å². The number of hydrogen-bond donors (Lipinski definition) is 2. The summed E-state index contributed by atoms with van der Waals surface area (Å²) in [6.07, 6.45) is -0.0618. The number of carbonyl (C=O) groups is 1. The van der Waals surface area contributed by atoms with Crippen LogP contribution in [-0.4, -0.2) is 17.1 Å². The number of rotatable bonds is 6. The molecule has 4 heteroatoms. The van der Waals surface area contributed by atoms with Crippen LogP contribution in [0, 0.1) is 5.82 Å². The molecule has 0 aromatic heterocycles. The molecule has 2 atom stereocenters. The molecule has 2 aromatic carbocycles. The minimum atomic E-state index is -0.620. The van der Waals surface area contributed by atoms with E-state index in [1.54, 1.807) is 12.1 Å². The molecule has 2 aromatic rings. The van der Waals surface area contributed by atoms with Crippen molar-refractivity contribution in [1.82, 2.24) is 5.32 Å². The summed E-state index contributed by atoms with van der Waals surface area (Å²) in [7, 11) is 0. The van der Waals surface area contributed by atoms with Crippen LogP contribution < -0.4 is 5.32 Å². The summed E-state index contributed by atoms with van der Waals surface area (Å²) in [5.74, 6) is -0.531. The molecule has 3 nitrogen and oxygen atoms in total. The third-order valence-corrected chi connectivity index (χ3v) is 3.42. The van der Waals surface area contributed by atoms with Crippen LogP contribution in [0.4, 0.5) is 4.39 Å². The van der Waals surface area contributed by atoms with Crippen molar-refractivity contribution < 1.29 is 14.3 Å². The Labute approximate surface area is 129 Å². The van der Waals surface area contributed by atoms with Gasteiger partial charge in [-0.05, 0) is 36.6 Å². The third kappa shape index (κ3) is 4.97. The molecule has 2 unspecified atom stereocenters. The molecule has 0 fully saturated rings. The Hall–Kier alpha value is -2.20. The normalized spacial score (nSPS) is 13.4. The Morgan fingerprint density at radius 1 is 1.18 bits per heavy atom. The van der Waals surface area contributed by atoms with Gasteiger partial charge in [-0.1, -0.05) is 42.5 Å². The molecule has 2 N–H and O–H groups in total. The first kappa shape index (κ1) is 16.2. The minimum absolute atomic E-state index is 0.129. The summed E-state index contributed by atoms with van der Waals surface area (Å²) in [5.41, 5.74) is 1.46. The van der Waals surface area contributed by atoms with Crippen molar-refractivity contribution in [2.75, 3.05) is 0 Å². The number of benzene rings is 2. The molecule has 0 heterocycles. The molecule has 0 saturated heterocycles. The number of aliphatic hydroxyl groups is 1. The summed E-state index contributed by atoms with van der Waals surface area (Å²) in [5, 5.41) is 13.0. The molecule has 22 heavy (non-hydrogen) atoms.